The Labute approximate surface area is 163 Å². The number of nitrogens with zero attached hydrogens (tertiary/aromatic N) is 3. The van der Waals surface area contributed by atoms with Crippen LogP contribution in [-0.2, 0) is 13.1 Å². The molecule has 0 unspecified atom stereocenters. The molecule has 27 heavy (non-hydrogen) atoms. The summed E-state index contributed by atoms with van der Waals surface area (Å²) < 4.78 is 3.37. The molecule has 0 aliphatic carbocycles. The lowest BCUT2D eigenvalue weighted by atomic mass is 10.2. The number of hydrogen-bond donors (Lipinski definition) is 1. The predicted octanol–water partition coefficient (Wildman–Crippen LogP) is 4.39. The van der Waals surface area contributed by atoms with Crippen molar-refractivity contribution < 1.29 is 5.11 Å². The van der Waals surface area contributed by atoms with Crippen molar-refractivity contribution in [3.05, 3.63) is 83.7 Å². The molecule has 2 aromatic heterocycles. The Balaban J connectivity index is 1.59. The summed E-state index contributed by atoms with van der Waals surface area (Å²) in [4.78, 5) is 7.07. The van der Waals surface area contributed by atoms with Gasteiger partial charge in [0.1, 0.15) is 0 Å². The average Bonchev–Trinajstić information content (AvgIpc) is 3.28. The van der Waals surface area contributed by atoms with Gasteiger partial charge in [0.05, 0.1) is 16.8 Å². The summed E-state index contributed by atoms with van der Waals surface area (Å²) in [6.45, 7) is 4.46. The van der Waals surface area contributed by atoms with E-state index < -0.39 is 0 Å². The summed E-state index contributed by atoms with van der Waals surface area (Å²) >= 11 is 1.71. The summed E-state index contributed by atoms with van der Waals surface area (Å²) in [5, 5.41) is 10.5. The molecule has 4 nitrogen and oxygen atoms in total. The second kappa shape index (κ2) is 8.05. The number of thiazole rings is 1. The van der Waals surface area contributed by atoms with E-state index in [1.54, 1.807) is 11.3 Å². The quantitative estimate of drug-likeness (QED) is 0.519. The first-order chi connectivity index (χ1) is 13.2. The number of fused-ring (bicyclic) bond motifs is 1. The Hall–Kier alpha value is -2.47. The van der Waals surface area contributed by atoms with E-state index in [0.717, 1.165) is 23.7 Å². The molecule has 0 bridgehead atoms. The lowest BCUT2D eigenvalue weighted by Crippen LogP contribution is -2.27. The second-order valence-electron chi connectivity index (χ2n) is 6.76. The third-order valence-electron chi connectivity index (χ3n) is 4.62. The topological polar surface area (TPSA) is 41.3 Å². The van der Waals surface area contributed by atoms with Gasteiger partial charge < -0.3 is 5.11 Å². The predicted molar refractivity (Wildman–Crippen MR) is 111 cm³/mol. The maximum Gasteiger partial charge on any atom is 0.194 e. The molecule has 0 saturated heterocycles. The van der Waals surface area contributed by atoms with Crippen LogP contribution in [-0.4, -0.2) is 32.7 Å². The molecule has 0 saturated carbocycles. The van der Waals surface area contributed by atoms with Crippen LogP contribution in [0.15, 0.2) is 66.9 Å². The monoisotopic (exact) mass is 377 g/mol. The molecule has 0 fully saturated rings. The van der Waals surface area contributed by atoms with E-state index in [0.29, 0.717) is 6.54 Å². The lowest BCUT2D eigenvalue weighted by molar-refractivity contribution is 0.182. The zero-order valence-electron chi connectivity index (χ0n) is 15.4. The molecule has 0 spiro atoms. The van der Waals surface area contributed by atoms with Crippen LogP contribution < -0.4 is 0 Å². The summed E-state index contributed by atoms with van der Waals surface area (Å²) in [6, 6.07) is 21.0. The molecule has 0 atom stereocenters. The third kappa shape index (κ3) is 4.11. The van der Waals surface area contributed by atoms with Crippen molar-refractivity contribution in [2.75, 3.05) is 13.2 Å². The van der Waals surface area contributed by atoms with Crippen molar-refractivity contribution in [3.63, 3.8) is 0 Å². The van der Waals surface area contributed by atoms with Gasteiger partial charge in [-0.05, 0) is 42.3 Å². The number of aromatic nitrogens is 2. The Kier molecular flexibility index (Phi) is 5.34. The maximum atomic E-state index is 9.49. The molecule has 4 rings (SSSR count). The Morgan fingerprint density at radius 2 is 1.89 bits per heavy atom. The molecular weight excluding hydrogens is 354 g/mol. The van der Waals surface area contributed by atoms with Crippen molar-refractivity contribution >= 4 is 21.6 Å². The van der Waals surface area contributed by atoms with Crippen LogP contribution in [0.4, 0.5) is 0 Å². The molecule has 2 heterocycles. The Morgan fingerprint density at radius 3 is 2.70 bits per heavy atom. The fraction of sp³-hybridized carbons (Fsp3) is 0.227. The normalized spacial score (nSPS) is 11.5. The highest BCUT2D eigenvalue weighted by molar-refractivity contribution is 7.20. The fourth-order valence-electron chi connectivity index (χ4n) is 3.28. The number of aliphatic hydroxyl groups is 1. The molecule has 5 heteroatoms. The molecule has 1 N–H and O–H groups in total. The summed E-state index contributed by atoms with van der Waals surface area (Å²) in [5.41, 5.74) is 4.72. The van der Waals surface area contributed by atoms with Crippen LogP contribution in [0.1, 0.15) is 16.8 Å². The largest absolute Gasteiger partial charge is 0.395 e. The van der Waals surface area contributed by atoms with Crippen LogP contribution in [0.5, 0.6) is 0 Å². The smallest absolute Gasteiger partial charge is 0.194 e. The van der Waals surface area contributed by atoms with Gasteiger partial charge in [0.25, 0.3) is 0 Å². The van der Waals surface area contributed by atoms with Gasteiger partial charge >= 0.3 is 0 Å². The molecule has 4 aromatic rings. The first kappa shape index (κ1) is 17.9. The van der Waals surface area contributed by atoms with Gasteiger partial charge in [0.15, 0.2) is 5.13 Å². The van der Waals surface area contributed by atoms with Gasteiger partial charge in [0.2, 0.25) is 0 Å². The van der Waals surface area contributed by atoms with E-state index in [4.69, 9.17) is 4.98 Å². The minimum absolute atomic E-state index is 0.147. The van der Waals surface area contributed by atoms with Crippen LogP contribution in [0.2, 0.25) is 0 Å². The highest BCUT2D eigenvalue weighted by Crippen LogP contribution is 2.27. The van der Waals surface area contributed by atoms with Gasteiger partial charge in [-0.25, -0.2) is 4.98 Å². The first-order valence-corrected chi connectivity index (χ1v) is 9.95. The van der Waals surface area contributed by atoms with Gasteiger partial charge in [-0.3, -0.25) is 9.47 Å². The summed E-state index contributed by atoms with van der Waals surface area (Å²) in [5.74, 6) is 0. The van der Waals surface area contributed by atoms with Crippen LogP contribution in [0.3, 0.4) is 0 Å². The maximum absolute atomic E-state index is 9.49. The SMILES string of the molecule is Cc1ccc2nc(-n3cccc3CN(CCO)Cc3ccccc3)sc2c1. The standard InChI is InChI=1S/C22H23N3OS/c1-17-9-10-20-21(14-17)27-22(23-20)25-11-5-8-19(25)16-24(12-13-26)15-18-6-3-2-4-7-18/h2-11,14,26H,12-13,15-16H2,1H3. The number of aryl methyl sites for hydroxylation is 1. The molecule has 138 valence electrons. The molecule has 0 amide bonds. The van der Waals surface area contributed by atoms with Crippen molar-refractivity contribution in [3.8, 4) is 5.13 Å². The summed E-state index contributed by atoms with van der Waals surface area (Å²) in [7, 11) is 0. The molecule has 0 aliphatic heterocycles. The number of benzene rings is 2. The van der Waals surface area contributed by atoms with Gasteiger partial charge in [-0.15, -0.1) is 0 Å². The lowest BCUT2D eigenvalue weighted by Gasteiger charge is -2.22. The van der Waals surface area contributed by atoms with Gasteiger partial charge in [0, 0.05) is 31.5 Å². The Bertz CT molecular complexity index is 1020. The van der Waals surface area contributed by atoms with E-state index >= 15 is 0 Å². The molecular formula is C22H23N3OS. The van der Waals surface area contributed by atoms with Gasteiger partial charge in [-0.1, -0.05) is 47.7 Å². The van der Waals surface area contributed by atoms with Crippen LogP contribution >= 0.6 is 11.3 Å². The number of aliphatic hydroxyl groups excluding tert-OH is 1. The van der Waals surface area contributed by atoms with Crippen LogP contribution in [0, 0.1) is 6.92 Å². The van der Waals surface area contributed by atoms with Crippen molar-refractivity contribution in [2.24, 2.45) is 0 Å². The highest BCUT2D eigenvalue weighted by atomic mass is 32.1. The van der Waals surface area contributed by atoms with E-state index in [-0.39, 0.29) is 6.61 Å². The van der Waals surface area contributed by atoms with Crippen LogP contribution in [0.25, 0.3) is 15.3 Å². The van der Waals surface area contributed by atoms with E-state index in [9.17, 15) is 5.11 Å². The minimum Gasteiger partial charge on any atom is -0.395 e. The fourth-order valence-corrected chi connectivity index (χ4v) is 4.36. The van der Waals surface area contributed by atoms with E-state index in [1.165, 1.54) is 21.5 Å². The van der Waals surface area contributed by atoms with E-state index in [2.05, 4.69) is 77.2 Å². The number of hydrogen-bond acceptors (Lipinski definition) is 4. The highest BCUT2D eigenvalue weighted by Gasteiger charge is 2.13. The molecule has 0 aliphatic rings. The zero-order valence-corrected chi connectivity index (χ0v) is 16.2. The molecule has 2 aromatic carbocycles. The minimum atomic E-state index is 0.147. The first-order valence-electron chi connectivity index (χ1n) is 9.14. The molecule has 0 radical (unpaired) electrons. The van der Waals surface area contributed by atoms with Crippen molar-refractivity contribution in [1.29, 1.82) is 0 Å². The second-order valence-corrected chi connectivity index (χ2v) is 7.77. The summed E-state index contributed by atoms with van der Waals surface area (Å²) in [6.07, 6.45) is 2.07. The van der Waals surface area contributed by atoms with Crippen molar-refractivity contribution in [1.82, 2.24) is 14.5 Å². The zero-order chi connectivity index (χ0) is 18.6. The Morgan fingerprint density at radius 1 is 1.04 bits per heavy atom. The third-order valence-corrected chi connectivity index (χ3v) is 5.64. The van der Waals surface area contributed by atoms with Gasteiger partial charge in [-0.2, -0.15) is 0 Å². The van der Waals surface area contributed by atoms with Crippen molar-refractivity contribution in [2.45, 2.75) is 20.0 Å². The number of rotatable bonds is 7. The average molecular weight is 378 g/mol. The van der Waals surface area contributed by atoms with E-state index in [1.807, 2.05) is 6.07 Å².